The maximum atomic E-state index is 5.75. The van der Waals surface area contributed by atoms with Crippen molar-refractivity contribution < 1.29 is 4.42 Å². The molecule has 2 aromatic rings. The molecule has 0 aliphatic rings. The molecule has 76 valence electrons. The Morgan fingerprint density at radius 3 is 2.80 bits per heavy atom. The monoisotopic (exact) mass is 198 g/mol. The molecule has 0 bridgehead atoms. The molecule has 0 amide bonds. The van der Waals surface area contributed by atoms with Crippen LogP contribution in [-0.2, 0) is 0 Å². The summed E-state index contributed by atoms with van der Waals surface area (Å²) in [5, 5.41) is 1.17. The van der Waals surface area contributed by atoms with Gasteiger partial charge in [-0.3, -0.25) is 0 Å². The molecule has 0 aliphatic heterocycles. The normalized spacial score (nSPS) is 11.3. The van der Waals surface area contributed by atoms with Crippen LogP contribution in [0.5, 0.6) is 0 Å². The number of furan rings is 1. The molecule has 0 saturated heterocycles. The Bertz CT molecular complexity index is 530. The molecule has 1 heterocycles. The Labute approximate surface area is 89.7 Å². The molecule has 2 rings (SSSR count). The second-order valence-corrected chi connectivity index (χ2v) is 3.53. The van der Waals surface area contributed by atoms with Crippen molar-refractivity contribution in [2.45, 2.75) is 13.8 Å². The van der Waals surface area contributed by atoms with Crippen molar-refractivity contribution in [3.63, 3.8) is 0 Å². The number of hydrogen-bond donors (Lipinski definition) is 0. The van der Waals surface area contributed by atoms with Gasteiger partial charge in [-0.2, -0.15) is 0 Å². The maximum Gasteiger partial charge on any atom is 0.135 e. The highest BCUT2D eigenvalue weighted by Gasteiger charge is 2.10. The minimum absolute atomic E-state index is 0.886. The highest BCUT2D eigenvalue weighted by molar-refractivity contribution is 5.93. The van der Waals surface area contributed by atoms with Crippen molar-refractivity contribution in [3.8, 4) is 0 Å². The lowest BCUT2D eigenvalue weighted by Gasteiger charge is -1.95. The molecule has 0 fully saturated rings. The van der Waals surface area contributed by atoms with Crippen molar-refractivity contribution in [1.29, 1.82) is 0 Å². The van der Waals surface area contributed by atoms with Crippen LogP contribution in [0.2, 0.25) is 0 Å². The predicted octanol–water partition coefficient (Wildman–Crippen LogP) is 4.42. The van der Waals surface area contributed by atoms with Gasteiger partial charge >= 0.3 is 0 Å². The standard InChI is InChI=1S/C14H14O/c1-4-7-12-11(5-2)14-10(3)8-6-9-13(14)15-12/h4-9H,2H2,1,3H3/b7-4-. The van der Waals surface area contributed by atoms with E-state index in [1.54, 1.807) is 0 Å². The van der Waals surface area contributed by atoms with E-state index in [4.69, 9.17) is 4.42 Å². The van der Waals surface area contributed by atoms with Crippen LogP contribution in [0.15, 0.2) is 35.3 Å². The maximum absolute atomic E-state index is 5.75. The lowest BCUT2D eigenvalue weighted by atomic mass is 10.1. The quantitative estimate of drug-likeness (QED) is 0.696. The first-order valence-corrected chi connectivity index (χ1v) is 5.05. The SMILES string of the molecule is C=Cc1c(/C=C\C)oc2cccc(C)c12. The number of allylic oxidation sites excluding steroid dienone is 1. The van der Waals surface area contributed by atoms with E-state index in [1.165, 1.54) is 10.9 Å². The summed E-state index contributed by atoms with van der Waals surface area (Å²) in [5.41, 5.74) is 3.24. The number of aryl methyl sites for hydroxylation is 1. The first kappa shape index (κ1) is 9.78. The van der Waals surface area contributed by atoms with E-state index in [0.29, 0.717) is 0 Å². The van der Waals surface area contributed by atoms with E-state index in [-0.39, 0.29) is 0 Å². The molecule has 1 aromatic carbocycles. The Balaban J connectivity index is 2.85. The van der Waals surface area contributed by atoms with Crippen molar-refractivity contribution in [3.05, 3.63) is 47.7 Å². The van der Waals surface area contributed by atoms with Crippen molar-refractivity contribution in [1.82, 2.24) is 0 Å². The van der Waals surface area contributed by atoms with E-state index in [2.05, 4.69) is 19.6 Å². The van der Waals surface area contributed by atoms with Crippen molar-refractivity contribution >= 4 is 23.1 Å². The zero-order chi connectivity index (χ0) is 10.8. The summed E-state index contributed by atoms with van der Waals surface area (Å²) >= 11 is 0. The van der Waals surface area contributed by atoms with E-state index in [1.807, 2.05) is 37.3 Å². The number of hydrogen-bond acceptors (Lipinski definition) is 1. The molecule has 0 N–H and O–H groups in total. The second-order valence-electron chi connectivity index (χ2n) is 3.53. The number of fused-ring (bicyclic) bond motifs is 1. The summed E-state index contributed by atoms with van der Waals surface area (Å²) in [7, 11) is 0. The highest BCUT2D eigenvalue weighted by atomic mass is 16.3. The molecule has 1 heteroatoms. The van der Waals surface area contributed by atoms with Crippen molar-refractivity contribution in [2.24, 2.45) is 0 Å². The van der Waals surface area contributed by atoms with Crippen LogP contribution in [0.4, 0.5) is 0 Å². The van der Waals surface area contributed by atoms with E-state index >= 15 is 0 Å². The Hall–Kier alpha value is -1.76. The van der Waals surface area contributed by atoms with Gasteiger partial charge in [0.1, 0.15) is 11.3 Å². The van der Waals surface area contributed by atoms with Crippen LogP contribution in [-0.4, -0.2) is 0 Å². The van der Waals surface area contributed by atoms with E-state index < -0.39 is 0 Å². The summed E-state index contributed by atoms with van der Waals surface area (Å²) in [6.45, 7) is 7.91. The fraction of sp³-hybridized carbons (Fsp3) is 0.143. The molecule has 0 spiro atoms. The minimum atomic E-state index is 0.886. The van der Waals surface area contributed by atoms with Crippen LogP contribution in [0.25, 0.3) is 23.1 Å². The van der Waals surface area contributed by atoms with Gasteiger partial charge in [-0.05, 0) is 31.6 Å². The Kier molecular flexibility index (Phi) is 2.46. The molecule has 0 saturated carbocycles. The van der Waals surface area contributed by atoms with Gasteiger partial charge in [0, 0.05) is 10.9 Å². The zero-order valence-corrected chi connectivity index (χ0v) is 9.08. The highest BCUT2D eigenvalue weighted by Crippen LogP contribution is 2.30. The van der Waals surface area contributed by atoms with Crippen LogP contribution in [0.3, 0.4) is 0 Å². The van der Waals surface area contributed by atoms with Gasteiger partial charge < -0.3 is 4.42 Å². The molecule has 0 atom stereocenters. The molecule has 1 aromatic heterocycles. The van der Waals surface area contributed by atoms with Gasteiger partial charge in [0.25, 0.3) is 0 Å². The third-order valence-electron chi connectivity index (χ3n) is 2.51. The molecule has 15 heavy (non-hydrogen) atoms. The summed E-state index contributed by atoms with van der Waals surface area (Å²) in [4.78, 5) is 0. The average molecular weight is 198 g/mol. The lowest BCUT2D eigenvalue weighted by Crippen LogP contribution is -1.76. The summed E-state index contributed by atoms with van der Waals surface area (Å²) < 4.78 is 5.75. The molecule has 1 nitrogen and oxygen atoms in total. The molecule has 0 unspecified atom stereocenters. The minimum Gasteiger partial charge on any atom is -0.456 e. The average Bonchev–Trinajstić information content (AvgIpc) is 2.57. The molecule has 0 radical (unpaired) electrons. The number of rotatable bonds is 2. The van der Waals surface area contributed by atoms with Gasteiger partial charge in [-0.25, -0.2) is 0 Å². The summed E-state index contributed by atoms with van der Waals surface area (Å²) in [6.07, 6.45) is 5.80. The third kappa shape index (κ3) is 1.50. The Morgan fingerprint density at radius 2 is 2.13 bits per heavy atom. The fourth-order valence-electron chi connectivity index (χ4n) is 1.85. The van der Waals surface area contributed by atoms with E-state index in [0.717, 1.165) is 16.9 Å². The van der Waals surface area contributed by atoms with Gasteiger partial charge in [0.05, 0.1) is 0 Å². The summed E-state index contributed by atoms with van der Waals surface area (Å²) in [5.74, 6) is 0.886. The lowest BCUT2D eigenvalue weighted by molar-refractivity contribution is 0.603. The molecular weight excluding hydrogens is 184 g/mol. The first-order chi connectivity index (χ1) is 7.27. The van der Waals surface area contributed by atoms with Crippen LogP contribution < -0.4 is 0 Å². The molecule has 0 aliphatic carbocycles. The summed E-state index contributed by atoms with van der Waals surface area (Å²) in [6, 6.07) is 6.08. The first-order valence-electron chi connectivity index (χ1n) is 5.05. The largest absolute Gasteiger partial charge is 0.456 e. The predicted molar refractivity (Wildman–Crippen MR) is 65.8 cm³/mol. The van der Waals surface area contributed by atoms with Crippen LogP contribution in [0, 0.1) is 6.92 Å². The third-order valence-corrected chi connectivity index (χ3v) is 2.51. The zero-order valence-electron chi connectivity index (χ0n) is 9.08. The van der Waals surface area contributed by atoms with Gasteiger partial charge in [-0.1, -0.05) is 30.9 Å². The van der Waals surface area contributed by atoms with Crippen LogP contribution >= 0.6 is 0 Å². The van der Waals surface area contributed by atoms with Crippen molar-refractivity contribution in [2.75, 3.05) is 0 Å². The van der Waals surface area contributed by atoms with Crippen LogP contribution in [0.1, 0.15) is 23.8 Å². The number of benzene rings is 1. The van der Waals surface area contributed by atoms with E-state index in [9.17, 15) is 0 Å². The second kappa shape index (κ2) is 3.77. The topological polar surface area (TPSA) is 13.1 Å². The molecular formula is C14H14O. The van der Waals surface area contributed by atoms with Gasteiger partial charge in [0.2, 0.25) is 0 Å². The van der Waals surface area contributed by atoms with Gasteiger partial charge in [-0.15, -0.1) is 0 Å². The van der Waals surface area contributed by atoms with Gasteiger partial charge in [0.15, 0.2) is 0 Å². The Morgan fingerprint density at radius 1 is 1.33 bits per heavy atom. The fourth-order valence-corrected chi connectivity index (χ4v) is 1.85. The smallest absolute Gasteiger partial charge is 0.135 e.